The fourth-order valence-electron chi connectivity index (χ4n) is 3.39. The first-order chi connectivity index (χ1) is 14.5. The quantitative estimate of drug-likeness (QED) is 0.745. The summed E-state index contributed by atoms with van der Waals surface area (Å²) in [4.78, 5) is 40.8. The maximum absolute atomic E-state index is 12.8. The van der Waals surface area contributed by atoms with Gasteiger partial charge in [-0.2, -0.15) is 0 Å². The zero-order valence-corrected chi connectivity index (χ0v) is 16.9. The molecule has 2 heterocycles. The summed E-state index contributed by atoms with van der Waals surface area (Å²) in [5.41, 5.74) is 1.82. The van der Waals surface area contributed by atoms with Crippen LogP contribution in [0, 0.1) is 0 Å². The summed E-state index contributed by atoms with van der Waals surface area (Å²) in [6, 6.07) is 16.0. The van der Waals surface area contributed by atoms with Gasteiger partial charge in [-0.15, -0.1) is 0 Å². The molecule has 30 heavy (non-hydrogen) atoms. The minimum atomic E-state index is -0.548. The normalized spacial score (nSPS) is 17.0. The smallest absolute Gasteiger partial charge is 0.279 e. The number of hydrogen-bond donors (Lipinski definition) is 1. The lowest BCUT2D eigenvalue weighted by Gasteiger charge is -2.27. The highest BCUT2D eigenvalue weighted by molar-refractivity contribution is 6.48. The molecule has 0 aliphatic carbocycles. The van der Waals surface area contributed by atoms with Crippen LogP contribution in [0.4, 0.5) is 5.69 Å². The molecule has 0 radical (unpaired) electrons. The molecule has 1 saturated heterocycles. The van der Waals surface area contributed by atoms with Gasteiger partial charge in [0.2, 0.25) is 0 Å². The highest BCUT2D eigenvalue weighted by atomic mass is 35.5. The average molecular weight is 426 g/mol. The summed E-state index contributed by atoms with van der Waals surface area (Å²) < 4.78 is 5.28. The second-order valence-electron chi connectivity index (χ2n) is 6.98. The van der Waals surface area contributed by atoms with Crippen molar-refractivity contribution in [1.29, 1.82) is 0 Å². The van der Waals surface area contributed by atoms with Crippen molar-refractivity contribution in [2.75, 3.05) is 31.6 Å². The summed E-state index contributed by atoms with van der Waals surface area (Å²) in [5.74, 6) is -1.16. The third kappa shape index (κ3) is 4.08. The van der Waals surface area contributed by atoms with Crippen molar-refractivity contribution in [2.45, 2.75) is 6.54 Å². The third-order valence-electron chi connectivity index (χ3n) is 4.97. The largest absolute Gasteiger partial charge is 0.378 e. The van der Waals surface area contributed by atoms with Gasteiger partial charge in [0.25, 0.3) is 17.7 Å². The predicted octanol–water partition coefficient (Wildman–Crippen LogP) is 2.59. The van der Waals surface area contributed by atoms with E-state index in [9.17, 15) is 14.4 Å². The molecule has 1 fully saturated rings. The Hall–Kier alpha value is -3.16. The molecule has 1 N–H and O–H groups in total. The van der Waals surface area contributed by atoms with Gasteiger partial charge in [-0.25, -0.2) is 0 Å². The summed E-state index contributed by atoms with van der Waals surface area (Å²) >= 11 is 6.17. The maximum atomic E-state index is 12.8. The molecule has 2 aromatic carbocycles. The highest BCUT2D eigenvalue weighted by Gasteiger charge is 2.37. The van der Waals surface area contributed by atoms with E-state index in [1.165, 1.54) is 0 Å². The van der Waals surface area contributed by atoms with E-state index in [4.69, 9.17) is 16.3 Å². The number of hydrogen-bond acceptors (Lipinski definition) is 5. The van der Waals surface area contributed by atoms with Crippen LogP contribution in [0.3, 0.4) is 0 Å². The maximum Gasteiger partial charge on any atom is 0.279 e. The van der Waals surface area contributed by atoms with Crippen LogP contribution in [0.25, 0.3) is 0 Å². The van der Waals surface area contributed by atoms with E-state index in [-0.39, 0.29) is 23.2 Å². The van der Waals surface area contributed by atoms with Gasteiger partial charge >= 0.3 is 0 Å². The number of carbonyl (C=O) groups excluding carboxylic acids is 3. The van der Waals surface area contributed by atoms with Crippen LogP contribution in [0.5, 0.6) is 0 Å². The lowest BCUT2D eigenvalue weighted by atomic mass is 10.1. The molecule has 2 aliphatic rings. The van der Waals surface area contributed by atoms with Crippen LogP contribution in [-0.4, -0.2) is 53.8 Å². The van der Waals surface area contributed by atoms with Crippen LogP contribution < -0.4 is 5.32 Å². The molecule has 2 aliphatic heterocycles. The molecular weight excluding hydrogens is 406 g/mol. The van der Waals surface area contributed by atoms with E-state index in [1.54, 1.807) is 29.2 Å². The van der Waals surface area contributed by atoms with Crippen molar-refractivity contribution in [3.05, 3.63) is 76.5 Å². The van der Waals surface area contributed by atoms with Crippen molar-refractivity contribution in [1.82, 2.24) is 9.80 Å². The van der Waals surface area contributed by atoms with Crippen molar-refractivity contribution >= 4 is 35.0 Å². The highest BCUT2D eigenvalue weighted by Crippen LogP contribution is 2.27. The van der Waals surface area contributed by atoms with Crippen molar-refractivity contribution in [3.63, 3.8) is 0 Å². The minimum absolute atomic E-state index is 0.00793. The lowest BCUT2D eigenvalue weighted by molar-refractivity contribution is -0.138. The summed E-state index contributed by atoms with van der Waals surface area (Å²) in [5, 5.41) is 2.76. The zero-order chi connectivity index (χ0) is 21.1. The van der Waals surface area contributed by atoms with Crippen molar-refractivity contribution < 1.29 is 19.1 Å². The number of anilines is 1. The van der Waals surface area contributed by atoms with E-state index in [0.717, 1.165) is 10.5 Å². The Labute approximate surface area is 178 Å². The first-order valence-corrected chi connectivity index (χ1v) is 9.96. The van der Waals surface area contributed by atoms with Crippen LogP contribution in [-0.2, 0) is 20.9 Å². The van der Waals surface area contributed by atoms with Gasteiger partial charge in [0.1, 0.15) is 10.7 Å². The van der Waals surface area contributed by atoms with E-state index in [2.05, 4.69) is 5.32 Å². The molecule has 154 valence electrons. The van der Waals surface area contributed by atoms with Crippen LogP contribution in [0.1, 0.15) is 15.9 Å². The number of rotatable bonds is 5. The number of ether oxygens (including phenoxy) is 1. The molecule has 0 saturated carbocycles. The summed E-state index contributed by atoms with van der Waals surface area (Å²) in [6.07, 6.45) is 0. The number of halogens is 1. The van der Waals surface area contributed by atoms with E-state index < -0.39 is 11.8 Å². The Morgan fingerprint density at radius 2 is 1.73 bits per heavy atom. The number of nitrogens with zero attached hydrogens (tertiary/aromatic N) is 2. The van der Waals surface area contributed by atoms with Crippen molar-refractivity contribution in [3.8, 4) is 0 Å². The third-order valence-corrected chi connectivity index (χ3v) is 5.32. The van der Waals surface area contributed by atoms with E-state index in [0.29, 0.717) is 37.6 Å². The summed E-state index contributed by atoms with van der Waals surface area (Å²) in [7, 11) is 0. The second-order valence-corrected chi connectivity index (χ2v) is 7.36. The van der Waals surface area contributed by atoms with Gasteiger partial charge in [-0.05, 0) is 23.8 Å². The van der Waals surface area contributed by atoms with Gasteiger partial charge in [0.05, 0.1) is 19.8 Å². The van der Waals surface area contributed by atoms with E-state index in [1.807, 2.05) is 30.3 Å². The van der Waals surface area contributed by atoms with Gasteiger partial charge in [-0.3, -0.25) is 19.3 Å². The van der Waals surface area contributed by atoms with E-state index >= 15 is 0 Å². The number of amides is 3. The number of benzene rings is 2. The minimum Gasteiger partial charge on any atom is -0.378 e. The van der Waals surface area contributed by atoms with Gasteiger partial charge in [-0.1, -0.05) is 48.0 Å². The van der Waals surface area contributed by atoms with Gasteiger partial charge < -0.3 is 15.0 Å². The fourth-order valence-corrected chi connectivity index (χ4v) is 3.62. The molecule has 3 amide bonds. The van der Waals surface area contributed by atoms with Gasteiger partial charge in [0, 0.05) is 24.3 Å². The van der Waals surface area contributed by atoms with Crippen molar-refractivity contribution in [2.24, 2.45) is 0 Å². The zero-order valence-electron chi connectivity index (χ0n) is 16.1. The monoisotopic (exact) mass is 425 g/mol. The molecule has 0 atom stereocenters. The average Bonchev–Trinajstić information content (AvgIpc) is 2.98. The first-order valence-electron chi connectivity index (χ1n) is 9.58. The molecule has 7 nitrogen and oxygen atoms in total. The van der Waals surface area contributed by atoms with Crippen LogP contribution >= 0.6 is 11.6 Å². The molecule has 2 aromatic rings. The molecular formula is C22H20ClN3O4. The Morgan fingerprint density at radius 1 is 1.00 bits per heavy atom. The second kappa shape index (κ2) is 8.69. The fraction of sp³-hybridized carbons (Fsp3) is 0.227. The number of imide groups is 1. The standard InChI is InChI=1S/C22H20ClN3O4/c23-18-19(22(29)26(21(18)28)14-15-5-2-1-3-6-15)24-17-8-4-7-16(13-17)20(27)25-9-11-30-12-10-25/h1-8,13,24H,9-12,14H2. The molecule has 4 rings (SSSR count). The topological polar surface area (TPSA) is 79.0 Å². The summed E-state index contributed by atoms with van der Waals surface area (Å²) in [6.45, 7) is 2.24. The molecule has 0 unspecified atom stereocenters. The molecule has 0 bridgehead atoms. The Morgan fingerprint density at radius 3 is 2.47 bits per heavy atom. The first kappa shape index (κ1) is 20.1. The molecule has 0 spiro atoms. The van der Waals surface area contributed by atoms with Gasteiger partial charge in [0.15, 0.2) is 0 Å². The van der Waals surface area contributed by atoms with Crippen LogP contribution in [0.2, 0.25) is 0 Å². The Kier molecular flexibility index (Phi) is 5.83. The number of carbonyl (C=O) groups is 3. The molecule has 0 aromatic heterocycles. The Balaban J connectivity index is 1.50. The predicted molar refractivity (Wildman–Crippen MR) is 112 cm³/mol. The Bertz CT molecular complexity index is 1020. The number of morpholine rings is 1. The molecule has 8 heteroatoms. The lowest BCUT2D eigenvalue weighted by Crippen LogP contribution is -2.40. The number of nitrogens with one attached hydrogen (secondary N) is 1. The SMILES string of the molecule is O=C(c1cccc(NC2=C(Cl)C(=O)N(Cc3ccccc3)C2=O)c1)N1CCOCC1. The van der Waals surface area contributed by atoms with Crippen LogP contribution in [0.15, 0.2) is 65.3 Å².